The quantitative estimate of drug-likeness (QED) is 0.824. The van der Waals surface area contributed by atoms with Crippen molar-refractivity contribution < 1.29 is 17.7 Å². The van der Waals surface area contributed by atoms with E-state index in [0.717, 1.165) is 24.0 Å². The molecule has 1 fully saturated rings. The predicted octanol–water partition coefficient (Wildman–Crippen LogP) is 3.80. The second kappa shape index (κ2) is 8.39. The fourth-order valence-electron chi connectivity index (χ4n) is 3.51. The highest BCUT2D eigenvalue weighted by atomic mass is 19.4. The lowest BCUT2D eigenvalue weighted by Crippen LogP contribution is -2.44. The second-order valence-electron chi connectivity index (χ2n) is 7.28. The molecule has 2 heterocycles. The molecule has 1 atom stereocenters. The van der Waals surface area contributed by atoms with Crippen LogP contribution in [0.15, 0.2) is 28.8 Å². The number of aromatic nitrogens is 2. The van der Waals surface area contributed by atoms with Crippen molar-refractivity contribution in [1.29, 1.82) is 0 Å². The number of aryl methyl sites for hydroxylation is 1. The molecule has 0 radical (unpaired) electrons. The number of nitrogens with zero attached hydrogens (tertiary/aromatic N) is 3. The molecule has 1 aliphatic rings. The average Bonchev–Trinajstić information content (AvgIpc) is 3.08. The Balaban J connectivity index is 1.47. The van der Waals surface area contributed by atoms with Crippen LogP contribution in [-0.2, 0) is 6.54 Å². The summed E-state index contributed by atoms with van der Waals surface area (Å²) >= 11 is 0. The Bertz CT molecular complexity index is 739. The van der Waals surface area contributed by atoms with Crippen LogP contribution in [-0.4, -0.2) is 46.9 Å². The molecule has 0 bridgehead atoms. The van der Waals surface area contributed by atoms with Crippen molar-refractivity contribution in [2.24, 2.45) is 5.92 Å². The van der Waals surface area contributed by atoms with Crippen LogP contribution in [0.1, 0.15) is 31.2 Å². The highest BCUT2D eigenvalue weighted by molar-refractivity contribution is 5.55. The maximum absolute atomic E-state index is 12.5. The molecule has 1 aromatic heterocycles. The number of benzene rings is 1. The molecule has 0 aliphatic carbocycles. The van der Waals surface area contributed by atoms with Crippen molar-refractivity contribution in [3.05, 3.63) is 35.7 Å². The monoisotopic (exact) mass is 382 g/mol. The molecule has 0 amide bonds. The lowest BCUT2D eigenvalue weighted by Gasteiger charge is -2.35. The van der Waals surface area contributed by atoms with Crippen LogP contribution < -0.4 is 5.32 Å². The van der Waals surface area contributed by atoms with Gasteiger partial charge < -0.3 is 9.84 Å². The number of hydrogen-bond donors (Lipinski definition) is 1. The van der Waals surface area contributed by atoms with Gasteiger partial charge in [-0.3, -0.25) is 4.90 Å². The van der Waals surface area contributed by atoms with Crippen LogP contribution >= 0.6 is 0 Å². The van der Waals surface area contributed by atoms with Crippen molar-refractivity contribution >= 4 is 0 Å². The maximum Gasteiger partial charge on any atom is 0.401 e. The average molecular weight is 382 g/mol. The van der Waals surface area contributed by atoms with E-state index in [4.69, 9.17) is 4.52 Å². The number of halogens is 3. The largest absolute Gasteiger partial charge is 0.401 e. The summed E-state index contributed by atoms with van der Waals surface area (Å²) in [5.41, 5.74) is 2.04. The summed E-state index contributed by atoms with van der Waals surface area (Å²) < 4.78 is 42.7. The van der Waals surface area contributed by atoms with Crippen LogP contribution in [0.2, 0.25) is 0 Å². The van der Waals surface area contributed by atoms with Gasteiger partial charge in [-0.25, -0.2) is 0 Å². The number of alkyl halides is 3. The van der Waals surface area contributed by atoms with Gasteiger partial charge in [0.15, 0.2) is 0 Å². The Kier molecular flexibility index (Phi) is 6.16. The van der Waals surface area contributed by atoms with Gasteiger partial charge in [0.2, 0.25) is 11.7 Å². The molecule has 1 aromatic carbocycles. The molecule has 5 nitrogen and oxygen atoms in total. The smallest absolute Gasteiger partial charge is 0.338 e. The summed E-state index contributed by atoms with van der Waals surface area (Å²) in [5.74, 6) is 1.41. The molecule has 2 aromatic rings. The number of hydrogen-bond acceptors (Lipinski definition) is 5. The lowest BCUT2D eigenvalue weighted by atomic mass is 9.90. The van der Waals surface area contributed by atoms with E-state index < -0.39 is 12.7 Å². The van der Waals surface area contributed by atoms with Crippen molar-refractivity contribution in [3.63, 3.8) is 0 Å². The third-order valence-corrected chi connectivity index (χ3v) is 5.06. The standard InChI is InChI=1S/C19H25F3N4O/c1-13-4-3-5-16(10-13)18-24-17(27-25-18)11-23-14(2)15-6-8-26(9-7-15)12-19(20,21)22/h3-5,10,14-15,23H,6-9,11-12H2,1-2H3. The zero-order chi connectivity index (χ0) is 19.4. The molecule has 27 heavy (non-hydrogen) atoms. The highest BCUT2D eigenvalue weighted by Gasteiger charge is 2.33. The Hall–Kier alpha value is -1.93. The Morgan fingerprint density at radius 2 is 2.04 bits per heavy atom. The zero-order valence-corrected chi connectivity index (χ0v) is 15.6. The van der Waals surface area contributed by atoms with Gasteiger partial charge in [0.25, 0.3) is 0 Å². The normalized spacial score (nSPS) is 18.0. The molecule has 1 aliphatic heterocycles. The first kappa shape index (κ1) is 19.8. The van der Waals surface area contributed by atoms with Gasteiger partial charge in [-0.05, 0) is 51.8 Å². The molecule has 1 unspecified atom stereocenters. The fourth-order valence-corrected chi connectivity index (χ4v) is 3.51. The summed E-state index contributed by atoms with van der Waals surface area (Å²) in [5, 5.41) is 7.39. The van der Waals surface area contributed by atoms with E-state index in [0.29, 0.717) is 37.3 Å². The predicted molar refractivity (Wildman–Crippen MR) is 96.0 cm³/mol. The minimum Gasteiger partial charge on any atom is -0.338 e. The van der Waals surface area contributed by atoms with E-state index in [9.17, 15) is 13.2 Å². The first-order chi connectivity index (χ1) is 12.8. The van der Waals surface area contributed by atoms with Gasteiger partial charge >= 0.3 is 6.18 Å². The van der Waals surface area contributed by atoms with E-state index in [2.05, 4.69) is 22.4 Å². The topological polar surface area (TPSA) is 54.2 Å². The van der Waals surface area contributed by atoms with E-state index in [-0.39, 0.29) is 6.04 Å². The van der Waals surface area contributed by atoms with E-state index in [1.54, 1.807) is 0 Å². The Labute approximate surface area is 156 Å². The van der Waals surface area contributed by atoms with E-state index >= 15 is 0 Å². The summed E-state index contributed by atoms with van der Waals surface area (Å²) in [6, 6.07) is 8.07. The lowest BCUT2D eigenvalue weighted by molar-refractivity contribution is -0.148. The summed E-state index contributed by atoms with van der Waals surface area (Å²) in [6.07, 6.45) is -2.62. The molecule has 8 heteroatoms. The first-order valence-corrected chi connectivity index (χ1v) is 9.22. The van der Waals surface area contributed by atoms with Crippen LogP contribution in [0.25, 0.3) is 11.4 Å². The van der Waals surface area contributed by atoms with Gasteiger partial charge in [-0.2, -0.15) is 18.2 Å². The molecule has 1 N–H and O–H groups in total. The summed E-state index contributed by atoms with van der Waals surface area (Å²) in [7, 11) is 0. The number of piperidine rings is 1. The van der Waals surface area contributed by atoms with Crippen molar-refractivity contribution in [3.8, 4) is 11.4 Å². The van der Waals surface area contributed by atoms with Crippen molar-refractivity contribution in [2.45, 2.75) is 45.5 Å². The number of rotatable bonds is 6. The second-order valence-corrected chi connectivity index (χ2v) is 7.28. The number of nitrogens with one attached hydrogen (secondary N) is 1. The summed E-state index contributed by atoms with van der Waals surface area (Å²) in [6.45, 7) is 4.66. The molecule has 1 saturated heterocycles. The van der Waals surface area contributed by atoms with Crippen LogP contribution in [0.4, 0.5) is 13.2 Å². The van der Waals surface area contributed by atoms with Crippen LogP contribution in [0.3, 0.4) is 0 Å². The van der Waals surface area contributed by atoms with Gasteiger partial charge in [0.1, 0.15) is 0 Å². The van der Waals surface area contributed by atoms with Gasteiger partial charge in [-0.15, -0.1) is 0 Å². The van der Waals surface area contributed by atoms with Crippen LogP contribution in [0.5, 0.6) is 0 Å². The van der Waals surface area contributed by atoms with Gasteiger partial charge in [0, 0.05) is 11.6 Å². The van der Waals surface area contributed by atoms with Crippen LogP contribution in [0, 0.1) is 12.8 Å². The van der Waals surface area contributed by atoms with E-state index in [1.807, 2.05) is 31.2 Å². The van der Waals surface area contributed by atoms with Crippen molar-refractivity contribution in [2.75, 3.05) is 19.6 Å². The molecule has 148 valence electrons. The third kappa shape index (κ3) is 5.77. The summed E-state index contributed by atoms with van der Waals surface area (Å²) in [4.78, 5) is 5.90. The first-order valence-electron chi connectivity index (χ1n) is 9.22. The van der Waals surface area contributed by atoms with Gasteiger partial charge in [0.05, 0.1) is 13.1 Å². The number of likely N-dealkylation sites (tertiary alicyclic amines) is 1. The molecular weight excluding hydrogens is 357 g/mol. The SMILES string of the molecule is Cc1cccc(-c2noc(CNC(C)C3CCN(CC(F)(F)F)CC3)n2)c1. The molecule has 0 spiro atoms. The van der Waals surface area contributed by atoms with Gasteiger partial charge in [-0.1, -0.05) is 28.9 Å². The van der Waals surface area contributed by atoms with E-state index in [1.165, 1.54) is 4.90 Å². The molecule has 3 rings (SSSR count). The minimum atomic E-state index is -4.12. The minimum absolute atomic E-state index is 0.173. The highest BCUT2D eigenvalue weighted by Crippen LogP contribution is 2.24. The Morgan fingerprint density at radius 3 is 2.70 bits per heavy atom. The van der Waals surface area contributed by atoms with Crippen molar-refractivity contribution in [1.82, 2.24) is 20.4 Å². The zero-order valence-electron chi connectivity index (χ0n) is 15.6. The molecular formula is C19H25F3N4O. The third-order valence-electron chi connectivity index (χ3n) is 5.06. The fraction of sp³-hybridized carbons (Fsp3) is 0.579. The Morgan fingerprint density at radius 1 is 1.30 bits per heavy atom. The maximum atomic E-state index is 12.5. The molecule has 0 saturated carbocycles.